The molecule has 0 aromatic heterocycles. The maximum atomic E-state index is 14.0. The summed E-state index contributed by atoms with van der Waals surface area (Å²) < 4.78 is 14.0. The van der Waals surface area contributed by atoms with E-state index in [2.05, 4.69) is 5.32 Å². The highest BCUT2D eigenvalue weighted by Crippen LogP contribution is 2.32. The Labute approximate surface area is 152 Å². The lowest BCUT2D eigenvalue weighted by atomic mass is 10.1. The van der Waals surface area contributed by atoms with Crippen molar-refractivity contribution in [1.29, 1.82) is 0 Å². The Morgan fingerprint density at radius 3 is 2.50 bits per heavy atom. The van der Waals surface area contributed by atoms with E-state index in [4.69, 9.17) is 0 Å². The van der Waals surface area contributed by atoms with E-state index in [1.807, 2.05) is 0 Å². The van der Waals surface area contributed by atoms with Gasteiger partial charge in [0.25, 0.3) is 5.91 Å². The largest absolute Gasteiger partial charge is 0.331 e. The fourth-order valence-electron chi connectivity index (χ4n) is 3.05. The van der Waals surface area contributed by atoms with Gasteiger partial charge in [-0.05, 0) is 49.9 Å². The van der Waals surface area contributed by atoms with Crippen LogP contribution < -0.4 is 5.32 Å². The molecule has 0 atom stereocenters. The van der Waals surface area contributed by atoms with Crippen LogP contribution >= 0.6 is 0 Å². The average Bonchev–Trinajstić information content (AvgIpc) is 3.53. The van der Waals surface area contributed by atoms with E-state index >= 15 is 0 Å². The molecule has 0 aliphatic heterocycles. The Balaban J connectivity index is 1.52. The zero-order valence-electron chi connectivity index (χ0n) is 14.5. The molecule has 0 heterocycles. The molecule has 5 heteroatoms. The molecule has 2 aliphatic carbocycles. The summed E-state index contributed by atoms with van der Waals surface area (Å²) in [6.45, 7) is 0.259. The second kappa shape index (κ2) is 6.90. The molecule has 4 rings (SSSR count). The lowest BCUT2D eigenvalue weighted by molar-refractivity contribution is -0.117. The number of amides is 2. The molecule has 0 spiro atoms. The van der Waals surface area contributed by atoms with E-state index in [-0.39, 0.29) is 36.1 Å². The lowest BCUT2D eigenvalue weighted by Gasteiger charge is -2.23. The van der Waals surface area contributed by atoms with E-state index in [1.54, 1.807) is 47.4 Å². The molecular formula is C21H21FN2O2. The summed E-state index contributed by atoms with van der Waals surface area (Å²) in [7, 11) is 0. The predicted octanol–water partition coefficient (Wildman–Crippen LogP) is 3.98. The summed E-state index contributed by atoms with van der Waals surface area (Å²) in [5.41, 5.74) is 1.67. The molecule has 4 nitrogen and oxygen atoms in total. The van der Waals surface area contributed by atoms with Crippen LogP contribution in [0.5, 0.6) is 0 Å². The monoisotopic (exact) mass is 352 g/mol. The Kier molecular flexibility index (Phi) is 4.45. The highest BCUT2D eigenvalue weighted by molar-refractivity contribution is 5.98. The Hall–Kier alpha value is -2.69. The Morgan fingerprint density at radius 1 is 1.04 bits per heavy atom. The molecule has 2 amide bonds. The first-order valence-corrected chi connectivity index (χ1v) is 9.07. The zero-order chi connectivity index (χ0) is 18.1. The number of carbonyl (C=O) groups excluding carboxylic acids is 2. The summed E-state index contributed by atoms with van der Waals surface area (Å²) in [5.74, 6) is -0.298. The van der Waals surface area contributed by atoms with Crippen molar-refractivity contribution in [2.45, 2.75) is 38.3 Å². The zero-order valence-corrected chi connectivity index (χ0v) is 14.5. The van der Waals surface area contributed by atoms with Gasteiger partial charge in [-0.1, -0.05) is 24.3 Å². The summed E-state index contributed by atoms with van der Waals surface area (Å²) in [5, 5.41) is 2.87. The summed E-state index contributed by atoms with van der Waals surface area (Å²) in [6, 6.07) is 13.7. The number of nitrogens with zero attached hydrogens (tertiary/aromatic N) is 1. The minimum atomic E-state index is -0.295. The van der Waals surface area contributed by atoms with Gasteiger partial charge in [-0.25, -0.2) is 4.39 Å². The van der Waals surface area contributed by atoms with Gasteiger partial charge in [0, 0.05) is 35.3 Å². The third-order valence-electron chi connectivity index (χ3n) is 4.87. The third-order valence-corrected chi connectivity index (χ3v) is 4.87. The number of hydrogen-bond donors (Lipinski definition) is 1. The van der Waals surface area contributed by atoms with Crippen molar-refractivity contribution >= 4 is 17.5 Å². The second-order valence-corrected chi connectivity index (χ2v) is 7.10. The van der Waals surface area contributed by atoms with Crippen LogP contribution in [0.1, 0.15) is 41.6 Å². The molecule has 0 radical (unpaired) electrons. The van der Waals surface area contributed by atoms with Crippen molar-refractivity contribution in [3.05, 3.63) is 65.5 Å². The van der Waals surface area contributed by atoms with Gasteiger partial charge < -0.3 is 10.2 Å². The van der Waals surface area contributed by atoms with Crippen molar-refractivity contribution in [1.82, 2.24) is 4.90 Å². The van der Waals surface area contributed by atoms with E-state index < -0.39 is 0 Å². The molecule has 2 fully saturated rings. The number of nitrogens with one attached hydrogen (secondary N) is 1. The molecule has 1 N–H and O–H groups in total. The standard InChI is InChI=1S/C21H21FN2O2/c22-19-7-2-1-4-16(19)13-24(18-10-11-18)21(26)15-5-3-6-17(12-15)23-20(25)14-8-9-14/h1-7,12,14,18H,8-11,13H2,(H,23,25). The molecule has 0 bridgehead atoms. The maximum Gasteiger partial charge on any atom is 0.254 e. The molecular weight excluding hydrogens is 331 g/mol. The number of benzene rings is 2. The number of halogens is 1. The normalized spacial score (nSPS) is 16.2. The predicted molar refractivity (Wildman–Crippen MR) is 97.1 cm³/mol. The van der Waals surface area contributed by atoms with Crippen molar-refractivity contribution in [3.63, 3.8) is 0 Å². The van der Waals surface area contributed by atoms with Gasteiger partial charge in [0.2, 0.25) is 5.91 Å². The Bertz CT molecular complexity index is 843. The molecule has 2 aromatic carbocycles. The van der Waals surface area contributed by atoms with Gasteiger partial charge in [0.15, 0.2) is 0 Å². The van der Waals surface area contributed by atoms with Crippen molar-refractivity contribution in [2.75, 3.05) is 5.32 Å². The van der Waals surface area contributed by atoms with Gasteiger partial charge in [0.05, 0.1) is 0 Å². The fourth-order valence-corrected chi connectivity index (χ4v) is 3.05. The number of hydrogen-bond acceptors (Lipinski definition) is 2. The van der Waals surface area contributed by atoms with Gasteiger partial charge in [-0.15, -0.1) is 0 Å². The molecule has 2 saturated carbocycles. The van der Waals surface area contributed by atoms with E-state index in [1.165, 1.54) is 6.07 Å². The average molecular weight is 352 g/mol. The molecule has 2 aliphatic rings. The first-order chi connectivity index (χ1) is 12.6. The number of anilines is 1. The SMILES string of the molecule is O=C(Nc1cccc(C(=O)N(Cc2ccccc2F)C2CC2)c1)C1CC1. The van der Waals surface area contributed by atoms with Crippen molar-refractivity contribution < 1.29 is 14.0 Å². The topological polar surface area (TPSA) is 49.4 Å². The van der Waals surface area contributed by atoms with Crippen LogP contribution in [-0.4, -0.2) is 22.8 Å². The Morgan fingerprint density at radius 2 is 1.81 bits per heavy atom. The molecule has 26 heavy (non-hydrogen) atoms. The number of carbonyl (C=O) groups is 2. The summed E-state index contributed by atoms with van der Waals surface area (Å²) >= 11 is 0. The lowest BCUT2D eigenvalue weighted by Crippen LogP contribution is -2.33. The summed E-state index contributed by atoms with van der Waals surface area (Å²) in [4.78, 5) is 26.7. The van der Waals surface area contributed by atoms with Crippen LogP contribution in [0, 0.1) is 11.7 Å². The second-order valence-electron chi connectivity index (χ2n) is 7.10. The summed E-state index contributed by atoms with van der Waals surface area (Å²) in [6.07, 6.45) is 3.75. The van der Waals surface area contributed by atoms with Crippen LogP contribution in [0.4, 0.5) is 10.1 Å². The third kappa shape index (κ3) is 3.77. The number of rotatable bonds is 6. The van der Waals surface area contributed by atoms with Crippen LogP contribution in [0.2, 0.25) is 0 Å². The van der Waals surface area contributed by atoms with Crippen LogP contribution in [0.15, 0.2) is 48.5 Å². The van der Waals surface area contributed by atoms with Gasteiger partial charge in [-0.3, -0.25) is 9.59 Å². The smallest absolute Gasteiger partial charge is 0.254 e. The molecule has 0 saturated heterocycles. The minimum Gasteiger partial charge on any atom is -0.331 e. The minimum absolute atomic E-state index is 0.0139. The van der Waals surface area contributed by atoms with E-state index in [0.29, 0.717) is 16.8 Å². The van der Waals surface area contributed by atoms with E-state index in [9.17, 15) is 14.0 Å². The molecule has 0 unspecified atom stereocenters. The van der Waals surface area contributed by atoms with Crippen molar-refractivity contribution in [2.24, 2.45) is 5.92 Å². The maximum absolute atomic E-state index is 14.0. The van der Waals surface area contributed by atoms with E-state index in [0.717, 1.165) is 25.7 Å². The van der Waals surface area contributed by atoms with Crippen LogP contribution in [0.3, 0.4) is 0 Å². The van der Waals surface area contributed by atoms with Crippen LogP contribution in [-0.2, 0) is 11.3 Å². The fraction of sp³-hybridized carbons (Fsp3) is 0.333. The highest BCUT2D eigenvalue weighted by atomic mass is 19.1. The van der Waals surface area contributed by atoms with Crippen molar-refractivity contribution in [3.8, 4) is 0 Å². The van der Waals surface area contributed by atoms with Gasteiger partial charge in [-0.2, -0.15) is 0 Å². The first-order valence-electron chi connectivity index (χ1n) is 9.07. The molecule has 2 aromatic rings. The van der Waals surface area contributed by atoms with Gasteiger partial charge >= 0.3 is 0 Å². The first kappa shape index (κ1) is 16.8. The van der Waals surface area contributed by atoms with Crippen LogP contribution in [0.25, 0.3) is 0 Å². The quantitative estimate of drug-likeness (QED) is 0.855. The van der Waals surface area contributed by atoms with Gasteiger partial charge in [0.1, 0.15) is 5.82 Å². The highest BCUT2D eigenvalue weighted by Gasteiger charge is 2.34. The molecule has 134 valence electrons.